The van der Waals surface area contributed by atoms with Gasteiger partial charge < -0.3 is 18.8 Å². The van der Waals surface area contributed by atoms with E-state index in [0.717, 1.165) is 0 Å². The number of methoxy groups -OCH3 is 1. The van der Waals surface area contributed by atoms with Gasteiger partial charge in [-0.2, -0.15) is 0 Å². The Morgan fingerprint density at radius 3 is 2.87 bits per heavy atom. The molecule has 3 heterocycles. The van der Waals surface area contributed by atoms with E-state index in [-0.39, 0.29) is 12.0 Å². The number of ether oxygens (including phenoxy) is 2. The van der Waals surface area contributed by atoms with Gasteiger partial charge in [0, 0.05) is 12.3 Å². The molecule has 1 aliphatic heterocycles. The van der Waals surface area contributed by atoms with Crippen LogP contribution in [0.5, 0.6) is 11.6 Å². The third kappa shape index (κ3) is 3.18. The van der Waals surface area contributed by atoms with Gasteiger partial charge in [-0.1, -0.05) is 0 Å². The van der Waals surface area contributed by atoms with Crippen LogP contribution in [0.1, 0.15) is 16.1 Å². The summed E-state index contributed by atoms with van der Waals surface area (Å²) < 4.78 is 15.7. The normalized spacial score (nSPS) is 14.3. The molecule has 1 aliphatic rings. The maximum Gasteiger partial charge on any atom is 0.339 e. The van der Waals surface area contributed by atoms with Gasteiger partial charge in [-0.15, -0.1) is 0 Å². The van der Waals surface area contributed by atoms with Crippen LogP contribution < -0.4 is 15.1 Å². The Kier molecular flexibility index (Phi) is 4.01. The highest BCUT2D eigenvalue weighted by Gasteiger charge is 2.34. The van der Waals surface area contributed by atoms with Gasteiger partial charge in [-0.3, -0.25) is 4.79 Å². The van der Waals surface area contributed by atoms with Crippen LogP contribution in [0.2, 0.25) is 0 Å². The zero-order chi connectivity index (χ0) is 16.4. The van der Waals surface area contributed by atoms with E-state index in [0.29, 0.717) is 36.0 Å². The summed E-state index contributed by atoms with van der Waals surface area (Å²) in [6.45, 7) is 2.56. The SMILES string of the molecule is COc1ncccc1C(=O)N1CC(Oc2cc(C)oc(=O)c2)C1. The van der Waals surface area contributed by atoms with Crippen molar-refractivity contribution in [1.82, 2.24) is 9.88 Å². The molecule has 0 unspecified atom stereocenters. The van der Waals surface area contributed by atoms with Crippen molar-refractivity contribution < 1.29 is 18.7 Å². The summed E-state index contributed by atoms with van der Waals surface area (Å²) in [6, 6.07) is 6.31. The molecule has 0 N–H and O–H groups in total. The van der Waals surface area contributed by atoms with E-state index in [1.54, 1.807) is 36.2 Å². The number of carbonyl (C=O) groups excluding carboxylic acids is 1. The minimum atomic E-state index is -0.452. The van der Waals surface area contributed by atoms with Gasteiger partial charge in [-0.05, 0) is 19.1 Å². The lowest BCUT2D eigenvalue weighted by molar-refractivity contribution is 0.0172. The van der Waals surface area contributed by atoms with Crippen LogP contribution in [-0.2, 0) is 0 Å². The predicted molar refractivity (Wildman–Crippen MR) is 80.8 cm³/mol. The van der Waals surface area contributed by atoms with Crippen molar-refractivity contribution in [2.45, 2.75) is 13.0 Å². The van der Waals surface area contributed by atoms with E-state index in [2.05, 4.69) is 4.98 Å². The highest BCUT2D eigenvalue weighted by atomic mass is 16.5. The highest BCUT2D eigenvalue weighted by Crippen LogP contribution is 2.22. The van der Waals surface area contributed by atoms with E-state index >= 15 is 0 Å². The second kappa shape index (κ2) is 6.12. The van der Waals surface area contributed by atoms with E-state index in [4.69, 9.17) is 13.9 Å². The molecule has 120 valence electrons. The first-order valence-electron chi connectivity index (χ1n) is 7.13. The van der Waals surface area contributed by atoms with Crippen LogP contribution in [0.4, 0.5) is 0 Å². The standard InChI is InChI=1S/C16H16N2O5/c1-10-6-11(7-14(19)22-10)23-12-8-18(9-12)16(20)13-4-3-5-17-15(13)21-2/h3-7,12H,8-9H2,1-2H3. The van der Waals surface area contributed by atoms with Crippen molar-refractivity contribution in [3.63, 3.8) is 0 Å². The fraction of sp³-hybridized carbons (Fsp3) is 0.312. The number of pyridine rings is 1. The molecule has 1 saturated heterocycles. The van der Waals surface area contributed by atoms with Crippen molar-refractivity contribution in [3.8, 4) is 11.6 Å². The van der Waals surface area contributed by atoms with Gasteiger partial charge in [0.15, 0.2) is 0 Å². The first-order chi connectivity index (χ1) is 11.1. The number of aromatic nitrogens is 1. The van der Waals surface area contributed by atoms with Crippen molar-refractivity contribution in [2.75, 3.05) is 20.2 Å². The second-order valence-corrected chi connectivity index (χ2v) is 5.23. The smallest absolute Gasteiger partial charge is 0.339 e. The Bertz CT molecular complexity index is 780. The van der Waals surface area contributed by atoms with Crippen LogP contribution in [0.15, 0.2) is 39.7 Å². The van der Waals surface area contributed by atoms with E-state index in [1.165, 1.54) is 13.2 Å². The van der Waals surface area contributed by atoms with Gasteiger partial charge in [0.25, 0.3) is 5.91 Å². The lowest BCUT2D eigenvalue weighted by Crippen LogP contribution is -2.56. The molecule has 2 aromatic rings. The number of likely N-dealkylation sites (tertiary alicyclic amines) is 1. The zero-order valence-corrected chi connectivity index (χ0v) is 12.8. The summed E-state index contributed by atoms with van der Waals surface area (Å²) >= 11 is 0. The Morgan fingerprint density at radius 2 is 2.17 bits per heavy atom. The van der Waals surface area contributed by atoms with Gasteiger partial charge >= 0.3 is 5.63 Å². The largest absolute Gasteiger partial charge is 0.486 e. The molecule has 7 heteroatoms. The maximum atomic E-state index is 12.4. The fourth-order valence-electron chi connectivity index (χ4n) is 2.40. The molecular formula is C16H16N2O5. The molecule has 3 rings (SSSR count). The van der Waals surface area contributed by atoms with Crippen LogP contribution in [0.3, 0.4) is 0 Å². The third-order valence-electron chi connectivity index (χ3n) is 3.50. The summed E-state index contributed by atoms with van der Waals surface area (Å²) in [4.78, 5) is 29.4. The number of hydrogen-bond acceptors (Lipinski definition) is 6. The molecule has 23 heavy (non-hydrogen) atoms. The average Bonchev–Trinajstić information content (AvgIpc) is 2.49. The number of aryl methyl sites for hydroxylation is 1. The Morgan fingerprint density at radius 1 is 1.39 bits per heavy atom. The van der Waals surface area contributed by atoms with Crippen LogP contribution >= 0.6 is 0 Å². The molecule has 2 aromatic heterocycles. The quantitative estimate of drug-likeness (QED) is 0.844. The summed E-state index contributed by atoms with van der Waals surface area (Å²) in [5.41, 5.74) is -0.0306. The number of hydrogen-bond donors (Lipinski definition) is 0. The molecule has 0 atom stereocenters. The first-order valence-corrected chi connectivity index (χ1v) is 7.13. The van der Waals surface area contributed by atoms with Gasteiger partial charge in [0.05, 0.1) is 26.3 Å². The molecule has 0 aromatic carbocycles. The highest BCUT2D eigenvalue weighted by molar-refractivity contribution is 5.96. The van der Waals surface area contributed by atoms with Crippen LogP contribution in [0.25, 0.3) is 0 Å². The monoisotopic (exact) mass is 316 g/mol. The summed E-state index contributed by atoms with van der Waals surface area (Å²) in [6.07, 6.45) is 1.42. The molecule has 0 radical (unpaired) electrons. The fourth-order valence-corrected chi connectivity index (χ4v) is 2.40. The number of nitrogens with zero attached hydrogens (tertiary/aromatic N) is 2. The first kappa shape index (κ1) is 15.1. The predicted octanol–water partition coefficient (Wildman–Crippen LogP) is 1.26. The van der Waals surface area contributed by atoms with Crippen molar-refractivity contribution in [3.05, 3.63) is 52.2 Å². The Labute approximate surface area is 132 Å². The number of carbonyl (C=O) groups is 1. The molecule has 0 spiro atoms. The van der Waals surface area contributed by atoms with E-state index in [9.17, 15) is 9.59 Å². The number of amides is 1. The Hall–Kier alpha value is -2.83. The minimum Gasteiger partial charge on any atom is -0.486 e. The maximum absolute atomic E-state index is 12.4. The Balaban J connectivity index is 1.62. The van der Waals surface area contributed by atoms with Crippen molar-refractivity contribution >= 4 is 5.91 Å². The molecular weight excluding hydrogens is 300 g/mol. The van der Waals surface area contributed by atoms with Crippen molar-refractivity contribution in [1.29, 1.82) is 0 Å². The molecule has 7 nitrogen and oxygen atoms in total. The molecule has 0 bridgehead atoms. The second-order valence-electron chi connectivity index (χ2n) is 5.23. The summed E-state index contributed by atoms with van der Waals surface area (Å²) in [5.74, 6) is 1.09. The van der Waals surface area contributed by atoms with Crippen LogP contribution in [-0.4, -0.2) is 42.1 Å². The zero-order valence-electron chi connectivity index (χ0n) is 12.8. The summed E-state index contributed by atoms with van der Waals surface area (Å²) in [5, 5.41) is 0. The molecule has 0 aliphatic carbocycles. The van der Waals surface area contributed by atoms with Gasteiger partial charge in [0.2, 0.25) is 5.88 Å². The molecule has 1 amide bonds. The van der Waals surface area contributed by atoms with Crippen LogP contribution in [0, 0.1) is 6.92 Å². The van der Waals surface area contributed by atoms with E-state index < -0.39 is 5.63 Å². The topological polar surface area (TPSA) is 81.9 Å². The van der Waals surface area contributed by atoms with Gasteiger partial charge in [-0.25, -0.2) is 9.78 Å². The average molecular weight is 316 g/mol. The number of rotatable bonds is 4. The van der Waals surface area contributed by atoms with E-state index in [1.807, 2.05) is 0 Å². The summed E-state index contributed by atoms with van der Waals surface area (Å²) in [7, 11) is 1.48. The van der Waals surface area contributed by atoms with Crippen molar-refractivity contribution in [2.24, 2.45) is 0 Å². The minimum absolute atomic E-state index is 0.150. The molecule has 1 fully saturated rings. The lowest BCUT2D eigenvalue weighted by Gasteiger charge is -2.39. The van der Waals surface area contributed by atoms with Gasteiger partial charge in [0.1, 0.15) is 23.2 Å². The lowest BCUT2D eigenvalue weighted by atomic mass is 10.1. The molecule has 0 saturated carbocycles. The third-order valence-corrected chi connectivity index (χ3v) is 3.50.